The highest BCUT2D eigenvalue weighted by molar-refractivity contribution is 7.10. The molecule has 3 heteroatoms. The largest absolute Gasteiger partial charge is 0.330 e. The van der Waals surface area contributed by atoms with E-state index in [0.29, 0.717) is 5.92 Å². The van der Waals surface area contributed by atoms with Crippen molar-refractivity contribution >= 4 is 11.3 Å². The fraction of sp³-hybridized carbons (Fsp3) is 0.409. The quantitative estimate of drug-likeness (QED) is 0.538. The Kier molecular flexibility index (Phi) is 5.14. The first-order chi connectivity index (χ1) is 11.8. The van der Waals surface area contributed by atoms with Gasteiger partial charge in [-0.3, -0.25) is 0 Å². The lowest BCUT2D eigenvalue weighted by molar-refractivity contribution is 0.511. The van der Waals surface area contributed by atoms with E-state index >= 15 is 0 Å². The lowest BCUT2D eigenvalue weighted by Crippen LogP contribution is -2.19. The molecule has 0 bridgehead atoms. The van der Waals surface area contributed by atoms with E-state index in [4.69, 9.17) is 0 Å². The summed E-state index contributed by atoms with van der Waals surface area (Å²) in [7, 11) is 0. The first-order valence-corrected chi connectivity index (χ1v) is 9.89. The third-order valence-corrected chi connectivity index (χ3v) is 5.25. The molecule has 2 nitrogen and oxygen atoms in total. The van der Waals surface area contributed by atoms with Crippen molar-refractivity contribution in [2.75, 3.05) is 0 Å². The molecule has 0 aliphatic heterocycles. The van der Waals surface area contributed by atoms with E-state index < -0.39 is 0 Å². The van der Waals surface area contributed by atoms with Crippen LogP contribution in [0.4, 0.5) is 0 Å². The van der Waals surface area contributed by atoms with Gasteiger partial charge in [-0.2, -0.15) is 0 Å². The zero-order valence-electron chi connectivity index (χ0n) is 15.9. The van der Waals surface area contributed by atoms with Crippen molar-refractivity contribution in [1.29, 1.82) is 0 Å². The second-order valence-electron chi connectivity index (χ2n) is 8.23. The van der Waals surface area contributed by atoms with Crippen LogP contribution >= 0.6 is 11.3 Å². The van der Waals surface area contributed by atoms with Crippen molar-refractivity contribution < 1.29 is 0 Å². The Morgan fingerprint density at radius 3 is 2.44 bits per heavy atom. The number of rotatable bonds is 5. The van der Waals surface area contributed by atoms with Crippen molar-refractivity contribution in [3.05, 3.63) is 64.4 Å². The van der Waals surface area contributed by atoms with Crippen LogP contribution in [-0.2, 0) is 18.4 Å². The van der Waals surface area contributed by atoms with E-state index in [9.17, 15) is 0 Å². The Labute approximate surface area is 155 Å². The number of benzene rings is 1. The highest BCUT2D eigenvalue weighted by Crippen LogP contribution is 2.28. The van der Waals surface area contributed by atoms with E-state index in [0.717, 1.165) is 12.4 Å². The number of hydrogen-bond acceptors (Lipinski definition) is 2. The molecule has 0 fully saturated rings. The number of nitrogens with zero attached hydrogens (tertiary/aromatic N) is 2. The molecule has 25 heavy (non-hydrogen) atoms. The third-order valence-electron chi connectivity index (χ3n) is 4.29. The van der Waals surface area contributed by atoms with Crippen LogP contribution in [0.5, 0.6) is 0 Å². The van der Waals surface area contributed by atoms with Crippen molar-refractivity contribution in [1.82, 2.24) is 9.55 Å². The topological polar surface area (TPSA) is 17.8 Å². The van der Waals surface area contributed by atoms with E-state index in [1.807, 2.05) is 17.5 Å². The number of hydrogen-bond donors (Lipinski definition) is 0. The van der Waals surface area contributed by atoms with Gasteiger partial charge in [-0.25, -0.2) is 4.98 Å². The van der Waals surface area contributed by atoms with E-state index in [1.165, 1.54) is 28.0 Å². The summed E-state index contributed by atoms with van der Waals surface area (Å²) in [5.74, 6) is 1.84. The minimum absolute atomic E-state index is 0.0624. The van der Waals surface area contributed by atoms with E-state index in [2.05, 4.69) is 86.1 Å². The van der Waals surface area contributed by atoms with Crippen LogP contribution in [0.1, 0.15) is 50.9 Å². The van der Waals surface area contributed by atoms with Crippen LogP contribution in [0.15, 0.2) is 48.1 Å². The molecule has 0 unspecified atom stereocenters. The SMILES string of the molecule is CC(C)Cc1cc(-c2ccc(Cn3ccnc3C(C)(C)C)cc2)cs1. The molecule has 0 amide bonds. The lowest BCUT2D eigenvalue weighted by atomic mass is 9.95. The molecular weight excluding hydrogens is 324 g/mol. The van der Waals surface area contributed by atoms with Crippen LogP contribution in [0.3, 0.4) is 0 Å². The second kappa shape index (κ2) is 7.17. The predicted octanol–water partition coefficient (Wildman–Crippen LogP) is 6.16. The Balaban J connectivity index is 1.75. The average Bonchev–Trinajstić information content (AvgIpc) is 3.16. The molecule has 0 aliphatic rings. The fourth-order valence-corrected chi connectivity index (χ4v) is 4.23. The molecule has 1 aromatic carbocycles. The molecule has 0 radical (unpaired) electrons. The number of thiophene rings is 1. The van der Waals surface area contributed by atoms with Gasteiger partial charge in [-0.1, -0.05) is 58.9 Å². The first kappa shape index (κ1) is 17.9. The minimum atomic E-state index is 0.0624. The Bertz CT molecular complexity index is 816. The molecule has 0 spiro atoms. The summed E-state index contributed by atoms with van der Waals surface area (Å²) in [4.78, 5) is 6.01. The Hall–Kier alpha value is -1.87. The van der Waals surface area contributed by atoms with Crippen molar-refractivity contribution in [3.8, 4) is 11.1 Å². The standard InChI is InChI=1S/C22H28N2S/c1-16(2)12-20-13-19(15-25-20)18-8-6-17(7-9-18)14-24-11-10-23-21(24)22(3,4)5/h6-11,13,15-16H,12,14H2,1-5H3. The Morgan fingerprint density at radius 1 is 1.08 bits per heavy atom. The molecular formula is C22H28N2S. The maximum Gasteiger partial charge on any atom is 0.114 e. The lowest BCUT2D eigenvalue weighted by Gasteiger charge is -2.19. The molecule has 0 saturated heterocycles. The molecule has 3 aromatic rings. The minimum Gasteiger partial charge on any atom is -0.330 e. The molecule has 0 aliphatic carbocycles. The summed E-state index contributed by atoms with van der Waals surface area (Å²) < 4.78 is 2.25. The van der Waals surface area contributed by atoms with Gasteiger partial charge in [0.05, 0.1) is 0 Å². The van der Waals surface area contributed by atoms with Crippen LogP contribution < -0.4 is 0 Å². The van der Waals surface area contributed by atoms with Crippen molar-refractivity contribution in [3.63, 3.8) is 0 Å². The van der Waals surface area contributed by atoms with Gasteiger partial charge in [-0.15, -0.1) is 11.3 Å². The highest BCUT2D eigenvalue weighted by atomic mass is 32.1. The summed E-state index contributed by atoms with van der Waals surface area (Å²) >= 11 is 1.87. The van der Waals surface area contributed by atoms with E-state index in [1.54, 1.807) is 0 Å². The molecule has 2 aromatic heterocycles. The van der Waals surface area contributed by atoms with Crippen LogP contribution in [0.25, 0.3) is 11.1 Å². The van der Waals surface area contributed by atoms with Gasteiger partial charge in [-0.05, 0) is 40.5 Å². The summed E-state index contributed by atoms with van der Waals surface area (Å²) in [5, 5.41) is 2.28. The van der Waals surface area contributed by atoms with Crippen molar-refractivity contribution in [2.24, 2.45) is 5.92 Å². The summed E-state index contributed by atoms with van der Waals surface area (Å²) in [5.41, 5.74) is 4.01. The van der Waals surface area contributed by atoms with Gasteiger partial charge in [0.25, 0.3) is 0 Å². The molecule has 0 N–H and O–H groups in total. The van der Waals surface area contributed by atoms with Crippen LogP contribution in [-0.4, -0.2) is 9.55 Å². The second-order valence-corrected chi connectivity index (χ2v) is 9.22. The van der Waals surface area contributed by atoms with Gasteiger partial charge in [0.1, 0.15) is 5.82 Å². The van der Waals surface area contributed by atoms with Crippen LogP contribution in [0.2, 0.25) is 0 Å². The predicted molar refractivity (Wildman–Crippen MR) is 108 cm³/mol. The molecule has 0 saturated carbocycles. The zero-order chi connectivity index (χ0) is 18.0. The molecule has 2 heterocycles. The molecule has 132 valence electrons. The maximum atomic E-state index is 4.54. The van der Waals surface area contributed by atoms with Crippen LogP contribution in [0, 0.1) is 5.92 Å². The van der Waals surface area contributed by atoms with Gasteiger partial charge < -0.3 is 4.57 Å². The van der Waals surface area contributed by atoms with Gasteiger partial charge >= 0.3 is 0 Å². The van der Waals surface area contributed by atoms with Gasteiger partial charge in [0, 0.05) is 29.2 Å². The summed E-state index contributed by atoms with van der Waals surface area (Å²) in [6.07, 6.45) is 5.14. The number of imidazole rings is 1. The first-order valence-electron chi connectivity index (χ1n) is 9.01. The van der Waals surface area contributed by atoms with Gasteiger partial charge in [0.2, 0.25) is 0 Å². The maximum absolute atomic E-state index is 4.54. The average molecular weight is 353 g/mol. The fourth-order valence-electron chi connectivity index (χ4n) is 3.12. The molecule has 3 rings (SSSR count). The van der Waals surface area contributed by atoms with E-state index in [-0.39, 0.29) is 5.41 Å². The zero-order valence-corrected chi connectivity index (χ0v) is 16.7. The normalized spacial score (nSPS) is 12.1. The van der Waals surface area contributed by atoms with Gasteiger partial charge in [0.15, 0.2) is 0 Å². The highest BCUT2D eigenvalue weighted by Gasteiger charge is 2.19. The van der Waals surface area contributed by atoms with Crippen molar-refractivity contribution in [2.45, 2.75) is 53.0 Å². The Morgan fingerprint density at radius 2 is 1.80 bits per heavy atom. The summed E-state index contributed by atoms with van der Waals surface area (Å²) in [6, 6.07) is 11.3. The third kappa shape index (κ3) is 4.40. The monoisotopic (exact) mass is 352 g/mol. The number of aromatic nitrogens is 2. The molecule has 0 atom stereocenters. The smallest absolute Gasteiger partial charge is 0.114 e. The summed E-state index contributed by atoms with van der Waals surface area (Å²) in [6.45, 7) is 12.0.